The summed E-state index contributed by atoms with van der Waals surface area (Å²) in [5.74, 6) is 0. The van der Waals surface area contributed by atoms with Gasteiger partial charge in [0.25, 0.3) is 0 Å². The number of hydrogen-bond donors (Lipinski definition) is 0. The minimum atomic E-state index is -3.22. The van der Waals surface area contributed by atoms with Gasteiger partial charge in [-0.3, -0.25) is 0 Å². The highest BCUT2D eigenvalue weighted by Crippen LogP contribution is 2.62. The molecule has 6 aliphatic heterocycles. The zero-order chi connectivity index (χ0) is 40.8. The number of rotatable bonds is 25. The van der Waals surface area contributed by atoms with Crippen LogP contribution in [0, 0.1) is 0 Å². The van der Waals surface area contributed by atoms with Crippen molar-refractivity contribution in [2.24, 2.45) is 0 Å². The monoisotopic (exact) mass is 876 g/mol. The topological polar surface area (TPSA) is 93.0 Å². The zero-order valence-electron chi connectivity index (χ0n) is 37.4. The Hall–Kier alpha value is -0.272. The van der Waals surface area contributed by atoms with Crippen molar-refractivity contribution in [2.75, 3.05) is 79.3 Å². The molecule has 13 heteroatoms. The Kier molecular flexibility index (Phi) is 15.5. The predicted molar refractivity (Wildman–Crippen MR) is 242 cm³/mol. The smallest absolute Gasteiger partial charge is 0.180 e. The SMILES string of the molecule is C[Si](C)(CCCOCC1CO1)C1([Si](c2ccccc2)(C2([Si](C)(C)CCCOCC3CO3)CCCCO2)C2([Si](C)(C)CCCOCC3CO3)CCCCO2)CCCCO1. The van der Waals surface area contributed by atoms with E-state index in [0.29, 0.717) is 38.1 Å². The Labute approximate surface area is 355 Å². The average molecular weight is 877 g/mol. The second-order valence-corrected chi connectivity index (χ2v) is 41.8. The van der Waals surface area contributed by atoms with E-state index in [1.54, 1.807) is 5.19 Å². The van der Waals surface area contributed by atoms with E-state index in [0.717, 1.165) is 117 Å². The van der Waals surface area contributed by atoms with Crippen molar-refractivity contribution in [3.05, 3.63) is 30.3 Å². The molecule has 0 saturated carbocycles. The molecule has 0 amide bonds. The molecule has 1 aromatic rings. The molecular weight excluding hydrogens is 797 g/mol. The van der Waals surface area contributed by atoms with Crippen molar-refractivity contribution in [1.82, 2.24) is 0 Å². The van der Waals surface area contributed by atoms with E-state index in [-0.39, 0.29) is 14.5 Å². The van der Waals surface area contributed by atoms with Crippen molar-refractivity contribution < 1.29 is 42.6 Å². The Morgan fingerprint density at radius 2 is 0.828 bits per heavy atom. The highest BCUT2D eigenvalue weighted by atomic mass is 28.4. The van der Waals surface area contributed by atoms with Crippen molar-refractivity contribution >= 4 is 37.5 Å². The fourth-order valence-electron chi connectivity index (χ4n) is 12.4. The van der Waals surface area contributed by atoms with Gasteiger partial charge in [-0.05, 0) is 77.0 Å². The van der Waals surface area contributed by atoms with Gasteiger partial charge >= 0.3 is 0 Å². The third kappa shape index (κ3) is 9.33. The largest absolute Gasteiger partial charge is 0.381 e. The summed E-state index contributed by atoms with van der Waals surface area (Å²) in [5, 5.41) is 1.56. The highest BCUT2D eigenvalue weighted by molar-refractivity contribution is 7.21. The van der Waals surface area contributed by atoms with Gasteiger partial charge in [-0.25, -0.2) is 0 Å². The summed E-state index contributed by atoms with van der Waals surface area (Å²) in [5.41, 5.74) is 0. The van der Waals surface area contributed by atoms with Gasteiger partial charge in [-0.2, -0.15) is 0 Å². The maximum atomic E-state index is 8.13. The molecule has 6 aliphatic rings. The van der Waals surface area contributed by atoms with Crippen LogP contribution in [0.5, 0.6) is 0 Å². The molecule has 58 heavy (non-hydrogen) atoms. The lowest BCUT2D eigenvalue weighted by molar-refractivity contribution is -0.0456. The lowest BCUT2D eigenvalue weighted by Crippen LogP contribution is -3.00. The summed E-state index contributed by atoms with van der Waals surface area (Å²) in [6.07, 6.45) is 14.4. The molecule has 6 atom stereocenters. The number of epoxide rings is 3. The summed E-state index contributed by atoms with van der Waals surface area (Å²) in [6.45, 7) is 25.9. The third-order valence-electron chi connectivity index (χ3n) is 15.5. The molecule has 1 aromatic carbocycles. The molecule has 0 aromatic heterocycles. The molecule has 6 heterocycles. The second-order valence-electron chi connectivity index (χ2n) is 20.6. The average Bonchev–Trinajstić information content (AvgIpc) is 4.07. The number of ether oxygens (including phenoxy) is 9. The Bertz CT molecular complexity index is 1260. The van der Waals surface area contributed by atoms with Gasteiger partial charge in [0.15, 0.2) is 8.07 Å². The maximum absolute atomic E-state index is 8.13. The second kappa shape index (κ2) is 19.6. The minimum Gasteiger partial charge on any atom is -0.381 e. The van der Waals surface area contributed by atoms with E-state index in [2.05, 4.69) is 69.6 Å². The zero-order valence-corrected chi connectivity index (χ0v) is 41.4. The van der Waals surface area contributed by atoms with Crippen LogP contribution in [0.1, 0.15) is 77.0 Å². The molecule has 0 radical (unpaired) electrons. The van der Waals surface area contributed by atoms with E-state index in [9.17, 15) is 0 Å². The van der Waals surface area contributed by atoms with E-state index in [1.165, 1.54) is 37.4 Å². The molecular formula is C45H80O9Si4. The van der Waals surface area contributed by atoms with E-state index in [4.69, 9.17) is 42.6 Å². The van der Waals surface area contributed by atoms with Gasteiger partial charge in [-0.1, -0.05) is 92.9 Å². The lowest BCUT2D eigenvalue weighted by Gasteiger charge is -2.75. The van der Waals surface area contributed by atoms with Gasteiger partial charge in [-0.15, -0.1) is 0 Å². The first kappa shape index (κ1) is 45.7. The first-order valence-corrected chi connectivity index (χ1v) is 35.1. The molecule has 7 rings (SSSR count). The first-order valence-electron chi connectivity index (χ1n) is 23.5. The van der Waals surface area contributed by atoms with E-state index in [1.807, 2.05) is 0 Å². The van der Waals surface area contributed by atoms with Gasteiger partial charge in [0.1, 0.15) is 18.3 Å². The van der Waals surface area contributed by atoms with Gasteiger partial charge in [0, 0.05) is 39.6 Å². The lowest BCUT2D eigenvalue weighted by atomic mass is 10.2. The summed E-state index contributed by atoms with van der Waals surface area (Å²) < 4.78 is 59.8. The molecule has 9 nitrogen and oxygen atoms in total. The first-order chi connectivity index (χ1) is 28.0. The molecule has 0 N–H and O–H groups in total. The Morgan fingerprint density at radius 3 is 1.10 bits per heavy atom. The maximum Gasteiger partial charge on any atom is 0.180 e. The van der Waals surface area contributed by atoms with Crippen LogP contribution in [0.25, 0.3) is 0 Å². The van der Waals surface area contributed by atoms with E-state index >= 15 is 0 Å². The normalized spacial score (nSPS) is 32.8. The van der Waals surface area contributed by atoms with E-state index < -0.39 is 32.3 Å². The number of benzene rings is 1. The van der Waals surface area contributed by atoms with Crippen LogP contribution in [0.4, 0.5) is 0 Å². The van der Waals surface area contributed by atoms with Crippen molar-refractivity contribution in [3.8, 4) is 0 Å². The van der Waals surface area contributed by atoms with Crippen LogP contribution in [-0.2, 0) is 42.6 Å². The fourth-order valence-corrected chi connectivity index (χ4v) is 46.7. The quantitative estimate of drug-likeness (QED) is 0.0552. The third-order valence-corrected chi connectivity index (χ3v) is 43.5. The number of hydrogen-bond acceptors (Lipinski definition) is 9. The summed E-state index contributed by atoms with van der Waals surface area (Å²) >= 11 is 0. The summed E-state index contributed by atoms with van der Waals surface area (Å²) in [7, 11) is -10.2. The summed E-state index contributed by atoms with van der Waals surface area (Å²) in [4.78, 5) is -0.869. The van der Waals surface area contributed by atoms with Gasteiger partial charge < -0.3 is 42.6 Å². The molecule has 6 saturated heterocycles. The predicted octanol–water partition coefficient (Wildman–Crippen LogP) is 7.94. The fraction of sp³-hybridized carbons (Fsp3) is 0.867. The standard InChI is InChI=1S/C45H80O9Si4/c1-55(2,30-16-24-46-33-39-36-49-39)43(21-10-13-27-52-43)58(42-19-8-7-9-20-42,44(22-11-14-28-53-44)56(3,4)31-17-25-47-34-40-37-50-40)45(23-12-15-29-54-45)57(5,6)32-18-26-48-35-41-38-51-41/h7-9,19-20,39-41H,10-18,21-38H2,1-6H3. The highest BCUT2D eigenvalue weighted by Gasteiger charge is 2.84. The van der Waals surface area contributed by atoms with Crippen LogP contribution in [0.2, 0.25) is 57.4 Å². The van der Waals surface area contributed by atoms with Crippen LogP contribution >= 0.6 is 0 Å². The molecule has 0 aliphatic carbocycles. The van der Waals surface area contributed by atoms with Gasteiger partial charge in [0.05, 0.1) is 78.4 Å². The van der Waals surface area contributed by atoms with Crippen LogP contribution in [-0.4, -0.2) is 144 Å². The molecule has 330 valence electrons. The van der Waals surface area contributed by atoms with Crippen LogP contribution < -0.4 is 5.19 Å². The van der Waals surface area contributed by atoms with Crippen molar-refractivity contribution in [3.63, 3.8) is 0 Å². The van der Waals surface area contributed by atoms with Gasteiger partial charge in [0.2, 0.25) is 0 Å². The molecule has 6 fully saturated rings. The van der Waals surface area contributed by atoms with Crippen molar-refractivity contribution in [2.45, 2.75) is 167 Å². The Balaban J connectivity index is 1.41. The van der Waals surface area contributed by atoms with Crippen molar-refractivity contribution in [1.29, 1.82) is 0 Å². The van der Waals surface area contributed by atoms with Crippen LogP contribution in [0.3, 0.4) is 0 Å². The Morgan fingerprint density at radius 1 is 0.500 bits per heavy atom. The molecule has 0 spiro atoms. The molecule has 0 bridgehead atoms. The minimum absolute atomic E-state index is 0.290. The summed E-state index contributed by atoms with van der Waals surface area (Å²) in [6, 6.07) is 15.6. The molecule has 6 unspecified atom stereocenters. The van der Waals surface area contributed by atoms with Crippen LogP contribution in [0.15, 0.2) is 30.3 Å².